The normalized spacial score (nSPS) is 30.0. The lowest BCUT2D eigenvalue weighted by atomic mass is 9.97. The largest absolute Gasteiger partial charge is 0.481 e. The average Bonchev–Trinajstić information content (AvgIpc) is 2.87. The lowest BCUT2D eigenvalue weighted by molar-refractivity contribution is -0.141. The zero-order valence-electron chi connectivity index (χ0n) is 11.4. The monoisotopic (exact) mass is 283 g/mol. The molecular weight excluding hydrogens is 262 g/mol. The number of nitrogens with two attached hydrogens (primary N) is 1. The number of carboxylic acid groups (broad SMARTS) is 1. The molecule has 1 aliphatic heterocycles. The van der Waals surface area contributed by atoms with Crippen LogP contribution in [0.4, 0.5) is 4.79 Å². The average molecular weight is 283 g/mol. The minimum atomic E-state index is -0.792. The van der Waals surface area contributed by atoms with Crippen molar-refractivity contribution in [2.45, 2.75) is 38.1 Å². The van der Waals surface area contributed by atoms with Gasteiger partial charge < -0.3 is 21.1 Å². The van der Waals surface area contributed by atoms with Gasteiger partial charge in [0.2, 0.25) is 5.91 Å². The van der Waals surface area contributed by atoms with Gasteiger partial charge in [-0.25, -0.2) is 4.79 Å². The topological polar surface area (TPSA) is 113 Å². The highest BCUT2D eigenvalue weighted by Crippen LogP contribution is 2.26. The number of likely N-dealkylation sites (tertiary alicyclic amines) is 1. The van der Waals surface area contributed by atoms with Crippen LogP contribution in [0.1, 0.15) is 32.1 Å². The number of carboxylic acids is 1. The van der Waals surface area contributed by atoms with Crippen molar-refractivity contribution >= 4 is 17.9 Å². The zero-order chi connectivity index (χ0) is 14.7. The zero-order valence-corrected chi connectivity index (χ0v) is 11.4. The molecule has 1 aliphatic carbocycles. The fraction of sp³-hybridized carbons (Fsp3) is 0.769. The van der Waals surface area contributed by atoms with Crippen molar-refractivity contribution in [1.29, 1.82) is 0 Å². The predicted molar refractivity (Wildman–Crippen MR) is 70.8 cm³/mol. The molecular formula is C13H21N3O4. The van der Waals surface area contributed by atoms with Crippen LogP contribution in [0.15, 0.2) is 0 Å². The van der Waals surface area contributed by atoms with Gasteiger partial charge in [-0.1, -0.05) is 0 Å². The number of hydrogen-bond donors (Lipinski definition) is 3. The Balaban J connectivity index is 1.83. The maximum absolute atomic E-state index is 12.2. The molecule has 2 rings (SSSR count). The van der Waals surface area contributed by atoms with Gasteiger partial charge in [-0.15, -0.1) is 0 Å². The van der Waals surface area contributed by atoms with Crippen LogP contribution in [0.5, 0.6) is 0 Å². The van der Waals surface area contributed by atoms with Gasteiger partial charge in [0.25, 0.3) is 0 Å². The number of nitrogens with zero attached hydrogens (tertiary/aromatic N) is 1. The number of primary amides is 1. The van der Waals surface area contributed by atoms with E-state index in [0.717, 1.165) is 12.8 Å². The van der Waals surface area contributed by atoms with Crippen LogP contribution in [-0.2, 0) is 9.59 Å². The molecule has 3 atom stereocenters. The number of hydrogen-bond acceptors (Lipinski definition) is 3. The van der Waals surface area contributed by atoms with Crippen LogP contribution in [0.25, 0.3) is 0 Å². The Kier molecular flexibility index (Phi) is 4.46. The van der Waals surface area contributed by atoms with Crippen molar-refractivity contribution < 1.29 is 19.5 Å². The van der Waals surface area contributed by atoms with Gasteiger partial charge in [-0.2, -0.15) is 0 Å². The van der Waals surface area contributed by atoms with Crippen LogP contribution in [-0.4, -0.2) is 47.0 Å². The second-order valence-electron chi connectivity index (χ2n) is 5.68. The van der Waals surface area contributed by atoms with Crippen LogP contribution in [0, 0.1) is 11.8 Å². The molecule has 3 amide bonds. The summed E-state index contributed by atoms with van der Waals surface area (Å²) in [5.41, 5.74) is 5.23. The van der Waals surface area contributed by atoms with Crippen LogP contribution >= 0.6 is 0 Å². The first kappa shape index (κ1) is 14.6. The standard InChI is InChI=1S/C13H21N3O4/c14-13(20)16-5-1-2-9(7-16)11(17)15-10-4-3-8(6-10)12(18)19/h8-10H,1-7H2,(H2,14,20)(H,15,17)(H,18,19). The number of urea groups is 1. The van der Waals surface area contributed by atoms with E-state index in [1.807, 2.05) is 0 Å². The van der Waals surface area contributed by atoms with Crippen molar-refractivity contribution in [3.05, 3.63) is 0 Å². The molecule has 7 nitrogen and oxygen atoms in total. The van der Waals surface area contributed by atoms with Crippen molar-refractivity contribution in [2.75, 3.05) is 13.1 Å². The van der Waals surface area contributed by atoms with E-state index in [1.54, 1.807) is 0 Å². The van der Waals surface area contributed by atoms with Gasteiger partial charge in [-0.3, -0.25) is 9.59 Å². The highest BCUT2D eigenvalue weighted by atomic mass is 16.4. The minimum Gasteiger partial charge on any atom is -0.481 e. The van der Waals surface area contributed by atoms with E-state index in [2.05, 4.69) is 5.32 Å². The van der Waals surface area contributed by atoms with E-state index in [0.29, 0.717) is 32.4 Å². The fourth-order valence-corrected chi connectivity index (χ4v) is 3.05. The molecule has 112 valence electrons. The van der Waals surface area contributed by atoms with E-state index in [-0.39, 0.29) is 23.8 Å². The number of nitrogens with one attached hydrogen (secondary N) is 1. The Hall–Kier alpha value is -1.79. The number of piperidine rings is 1. The highest BCUT2D eigenvalue weighted by Gasteiger charge is 2.33. The number of aliphatic carboxylic acids is 1. The highest BCUT2D eigenvalue weighted by molar-refractivity contribution is 5.81. The predicted octanol–water partition coefficient (Wildman–Crippen LogP) is 0.147. The van der Waals surface area contributed by atoms with Gasteiger partial charge >= 0.3 is 12.0 Å². The van der Waals surface area contributed by atoms with Crippen molar-refractivity contribution in [3.8, 4) is 0 Å². The molecule has 7 heteroatoms. The molecule has 0 aromatic rings. The second kappa shape index (κ2) is 6.11. The van der Waals surface area contributed by atoms with Gasteiger partial charge in [0.05, 0.1) is 11.8 Å². The maximum Gasteiger partial charge on any atom is 0.314 e. The first-order valence-corrected chi connectivity index (χ1v) is 7.05. The van der Waals surface area contributed by atoms with E-state index in [4.69, 9.17) is 10.8 Å². The van der Waals surface area contributed by atoms with Crippen LogP contribution in [0.3, 0.4) is 0 Å². The molecule has 2 aliphatic rings. The molecule has 1 saturated heterocycles. The maximum atomic E-state index is 12.2. The number of carbonyl (C=O) groups is 3. The summed E-state index contributed by atoms with van der Waals surface area (Å²) in [6.07, 6.45) is 3.31. The Morgan fingerprint density at radius 1 is 1.15 bits per heavy atom. The molecule has 0 radical (unpaired) electrons. The molecule has 1 heterocycles. The summed E-state index contributed by atoms with van der Waals surface area (Å²) in [4.78, 5) is 35.7. The number of carbonyl (C=O) groups excluding carboxylic acids is 2. The summed E-state index contributed by atoms with van der Waals surface area (Å²) in [5, 5.41) is 11.9. The number of rotatable bonds is 3. The smallest absolute Gasteiger partial charge is 0.314 e. The first-order valence-electron chi connectivity index (χ1n) is 7.05. The van der Waals surface area contributed by atoms with Crippen molar-refractivity contribution in [2.24, 2.45) is 17.6 Å². The summed E-state index contributed by atoms with van der Waals surface area (Å²) in [7, 11) is 0. The lowest BCUT2D eigenvalue weighted by Crippen LogP contribution is -2.48. The summed E-state index contributed by atoms with van der Waals surface area (Å²) in [6, 6.07) is -0.554. The molecule has 1 saturated carbocycles. The van der Waals surface area contributed by atoms with Gasteiger partial charge in [0.15, 0.2) is 0 Å². The third-order valence-electron chi connectivity index (χ3n) is 4.23. The molecule has 0 spiro atoms. The quantitative estimate of drug-likeness (QED) is 0.684. The van der Waals surface area contributed by atoms with Gasteiger partial charge in [0, 0.05) is 19.1 Å². The Morgan fingerprint density at radius 3 is 2.50 bits per heavy atom. The molecule has 20 heavy (non-hydrogen) atoms. The Bertz CT molecular complexity index is 412. The lowest BCUT2D eigenvalue weighted by Gasteiger charge is -2.31. The van der Waals surface area contributed by atoms with Gasteiger partial charge in [0.1, 0.15) is 0 Å². The molecule has 0 bridgehead atoms. The number of amides is 3. The van der Waals surface area contributed by atoms with Crippen LogP contribution in [0.2, 0.25) is 0 Å². The molecule has 2 fully saturated rings. The van der Waals surface area contributed by atoms with Crippen molar-refractivity contribution in [3.63, 3.8) is 0 Å². The fourth-order valence-electron chi connectivity index (χ4n) is 3.05. The van der Waals surface area contributed by atoms with E-state index in [1.165, 1.54) is 4.90 Å². The molecule has 0 aromatic carbocycles. The summed E-state index contributed by atoms with van der Waals surface area (Å²) in [6.45, 7) is 0.958. The Labute approximate surface area is 117 Å². The summed E-state index contributed by atoms with van der Waals surface area (Å²) >= 11 is 0. The molecule has 0 aromatic heterocycles. The first-order chi connectivity index (χ1) is 9.47. The Morgan fingerprint density at radius 2 is 1.90 bits per heavy atom. The molecule has 4 N–H and O–H groups in total. The van der Waals surface area contributed by atoms with E-state index >= 15 is 0 Å². The summed E-state index contributed by atoms with van der Waals surface area (Å²) in [5.74, 6) is -1.47. The summed E-state index contributed by atoms with van der Waals surface area (Å²) < 4.78 is 0. The minimum absolute atomic E-state index is 0.0624. The third-order valence-corrected chi connectivity index (χ3v) is 4.23. The SMILES string of the molecule is NC(=O)N1CCCC(C(=O)NC2CCC(C(=O)O)C2)C1. The third kappa shape index (κ3) is 3.40. The van der Waals surface area contributed by atoms with E-state index < -0.39 is 12.0 Å². The molecule has 3 unspecified atom stereocenters. The van der Waals surface area contributed by atoms with Crippen molar-refractivity contribution in [1.82, 2.24) is 10.2 Å². The van der Waals surface area contributed by atoms with E-state index in [9.17, 15) is 14.4 Å². The second-order valence-corrected chi connectivity index (χ2v) is 5.68. The van der Waals surface area contributed by atoms with Crippen LogP contribution < -0.4 is 11.1 Å². The van der Waals surface area contributed by atoms with Gasteiger partial charge in [-0.05, 0) is 32.1 Å².